The van der Waals surface area contributed by atoms with Gasteiger partial charge < -0.3 is 24.3 Å². The number of hydrogen-bond acceptors (Lipinski definition) is 7. The first kappa shape index (κ1) is 25.0. The summed E-state index contributed by atoms with van der Waals surface area (Å²) in [5.41, 5.74) is -0.660. The van der Waals surface area contributed by atoms with Crippen LogP contribution in [0.3, 0.4) is 0 Å². The monoisotopic (exact) mass is 491 g/mol. The van der Waals surface area contributed by atoms with Gasteiger partial charge in [-0.2, -0.15) is 0 Å². The number of hydrogen-bond donors (Lipinski definition) is 1. The Morgan fingerprint density at radius 1 is 0.944 bits per heavy atom. The van der Waals surface area contributed by atoms with Crippen LogP contribution in [0.2, 0.25) is 0 Å². The average Bonchev–Trinajstić information content (AvgIpc) is 3.52. The lowest BCUT2D eigenvalue weighted by Gasteiger charge is -2.30. The molecule has 1 amide bonds. The van der Waals surface area contributed by atoms with Crippen LogP contribution < -0.4 is 10.1 Å². The lowest BCUT2D eigenvalue weighted by Crippen LogP contribution is -2.56. The predicted octanol–water partition coefficient (Wildman–Crippen LogP) is 4.56. The van der Waals surface area contributed by atoms with Crippen molar-refractivity contribution in [2.45, 2.75) is 25.0 Å². The molecular weight excluding hydrogens is 462 g/mol. The van der Waals surface area contributed by atoms with Crippen molar-refractivity contribution >= 4 is 18.0 Å². The van der Waals surface area contributed by atoms with Crippen molar-refractivity contribution in [2.75, 3.05) is 13.2 Å². The highest BCUT2D eigenvalue weighted by atomic mass is 16.6. The van der Waals surface area contributed by atoms with Crippen molar-refractivity contribution in [3.8, 4) is 11.5 Å². The molecule has 0 aromatic heterocycles. The molecule has 8 nitrogen and oxygen atoms in total. The maximum atomic E-state index is 13.4. The molecule has 0 heterocycles. The molecule has 1 N–H and O–H groups in total. The summed E-state index contributed by atoms with van der Waals surface area (Å²) in [6, 6.07) is 16.5. The van der Waals surface area contributed by atoms with Crippen molar-refractivity contribution in [3.63, 3.8) is 0 Å². The van der Waals surface area contributed by atoms with E-state index in [-0.39, 0.29) is 25.7 Å². The zero-order valence-corrected chi connectivity index (χ0v) is 19.9. The summed E-state index contributed by atoms with van der Waals surface area (Å²) in [7, 11) is 0. The second kappa shape index (κ2) is 11.1. The minimum Gasteiger partial charge on any atom is -0.461 e. The molecule has 2 aliphatic carbocycles. The van der Waals surface area contributed by atoms with Crippen LogP contribution in [0.5, 0.6) is 11.5 Å². The Morgan fingerprint density at radius 2 is 1.67 bits per heavy atom. The molecule has 2 aromatic rings. The van der Waals surface area contributed by atoms with Gasteiger partial charge in [0.2, 0.25) is 0 Å². The van der Waals surface area contributed by atoms with E-state index in [0.717, 1.165) is 0 Å². The van der Waals surface area contributed by atoms with Gasteiger partial charge in [0, 0.05) is 5.92 Å². The topological polar surface area (TPSA) is 100 Å². The number of para-hydroxylation sites is 1. The Hall–Kier alpha value is -4.07. The largest absolute Gasteiger partial charge is 0.461 e. The number of carbonyl (C=O) groups is 3. The fourth-order valence-corrected chi connectivity index (χ4v) is 4.91. The summed E-state index contributed by atoms with van der Waals surface area (Å²) in [6.07, 6.45) is 3.07. The first-order chi connectivity index (χ1) is 17.5. The standard InChI is InChI=1S/C28H29NO7/c1-3-15-33-25(30)23-22-13-14-28(24(22)23,29-27(32)34-16-4-2)26(31)35-18-19-9-8-12-21(17-19)36-20-10-6-5-7-11-20/h3-12,17,22-24H,1-2,13-16,18H2,(H,29,32). The number of fused-ring (bicyclic) bond motifs is 1. The Kier molecular flexibility index (Phi) is 7.73. The van der Waals surface area contributed by atoms with Crippen molar-refractivity contribution in [1.29, 1.82) is 0 Å². The minimum atomic E-state index is -1.38. The van der Waals surface area contributed by atoms with E-state index in [1.54, 1.807) is 12.1 Å². The van der Waals surface area contributed by atoms with Gasteiger partial charge in [0.25, 0.3) is 0 Å². The smallest absolute Gasteiger partial charge is 0.408 e. The molecule has 8 heteroatoms. The van der Waals surface area contributed by atoms with Crippen LogP contribution in [-0.2, 0) is 30.4 Å². The number of benzene rings is 2. The van der Waals surface area contributed by atoms with Crippen molar-refractivity contribution in [2.24, 2.45) is 17.8 Å². The lowest BCUT2D eigenvalue weighted by atomic mass is 9.90. The second-order valence-electron chi connectivity index (χ2n) is 8.79. The third-order valence-electron chi connectivity index (χ3n) is 6.49. The van der Waals surface area contributed by atoms with E-state index in [2.05, 4.69) is 18.5 Å². The Morgan fingerprint density at radius 3 is 2.42 bits per heavy atom. The van der Waals surface area contributed by atoms with E-state index in [1.807, 2.05) is 42.5 Å². The third-order valence-corrected chi connectivity index (χ3v) is 6.49. The van der Waals surface area contributed by atoms with Gasteiger partial charge in [0.15, 0.2) is 0 Å². The summed E-state index contributed by atoms with van der Waals surface area (Å²) in [5, 5.41) is 2.70. The number of carbonyl (C=O) groups excluding carboxylic acids is 3. The summed E-state index contributed by atoms with van der Waals surface area (Å²) < 4.78 is 21.8. The molecule has 4 rings (SSSR count). The fraction of sp³-hybridized carbons (Fsp3) is 0.321. The molecule has 2 saturated carbocycles. The highest BCUT2D eigenvalue weighted by Gasteiger charge is 2.72. The lowest BCUT2D eigenvalue weighted by molar-refractivity contribution is -0.155. The predicted molar refractivity (Wildman–Crippen MR) is 131 cm³/mol. The first-order valence-electron chi connectivity index (χ1n) is 11.8. The fourth-order valence-electron chi connectivity index (χ4n) is 4.91. The van der Waals surface area contributed by atoms with Gasteiger partial charge in [-0.1, -0.05) is 55.6 Å². The number of amides is 1. The SMILES string of the molecule is C=CCOC(=O)NC1(C(=O)OCc2cccc(Oc3ccccc3)c2)CCC2C(C(=O)OCC=C)C21. The molecule has 4 atom stereocenters. The summed E-state index contributed by atoms with van der Waals surface area (Å²) in [6.45, 7) is 7.12. The quantitative estimate of drug-likeness (QED) is 0.279. The highest BCUT2D eigenvalue weighted by molar-refractivity contribution is 5.90. The van der Waals surface area contributed by atoms with Crippen molar-refractivity contribution in [3.05, 3.63) is 85.5 Å². The number of nitrogens with one attached hydrogen (secondary N) is 1. The van der Waals surface area contributed by atoms with E-state index >= 15 is 0 Å². The maximum absolute atomic E-state index is 13.4. The van der Waals surface area contributed by atoms with Gasteiger partial charge in [-0.15, -0.1) is 0 Å². The van der Waals surface area contributed by atoms with Gasteiger partial charge >= 0.3 is 18.0 Å². The van der Waals surface area contributed by atoms with Crippen LogP contribution in [0.4, 0.5) is 4.79 Å². The molecule has 0 bridgehead atoms. The van der Waals surface area contributed by atoms with Gasteiger partial charge in [-0.05, 0) is 48.6 Å². The van der Waals surface area contributed by atoms with Gasteiger partial charge in [-0.3, -0.25) is 4.79 Å². The molecule has 2 aliphatic rings. The normalized spacial score (nSPS) is 23.5. The molecule has 2 aromatic carbocycles. The summed E-state index contributed by atoms with van der Waals surface area (Å²) >= 11 is 0. The minimum absolute atomic E-state index is 0.00985. The van der Waals surface area contributed by atoms with E-state index in [4.69, 9.17) is 18.9 Å². The van der Waals surface area contributed by atoms with Gasteiger partial charge in [-0.25, -0.2) is 9.59 Å². The first-order valence-corrected chi connectivity index (χ1v) is 11.8. The van der Waals surface area contributed by atoms with Crippen LogP contribution in [0.25, 0.3) is 0 Å². The number of rotatable bonds is 11. The molecule has 0 spiro atoms. The Balaban J connectivity index is 1.46. The molecule has 0 aliphatic heterocycles. The molecular formula is C28H29NO7. The zero-order chi connectivity index (χ0) is 25.5. The summed E-state index contributed by atoms with van der Waals surface area (Å²) in [5.74, 6) is -0.721. The van der Waals surface area contributed by atoms with E-state index < -0.39 is 35.4 Å². The van der Waals surface area contributed by atoms with Crippen LogP contribution in [-0.4, -0.2) is 36.8 Å². The van der Waals surface area contributed by atoms with E-state index in [9.17, 15) is 14.4 Å². The van der Waals surface area contributed by atoms with Crippen LogP contribution in [0.1, 0.15) is 18.4 Å². The van der Waals surface area contributed by atoms with Crippen molar-refractivity contribution < 1.29 is 33.3 Å². The number of alkyl carbamates (subject to hydrolysis) is 1. The third kappa shape index (κ3) is 5.43. The molecule has 2 fully saturated rings. The van der Waals surface area contributed by atoms with E-state index in [1.165, 1.54) is 12.2 Å². The number of esters is 2. The Labute approximate surface area is 209 Å². The van der Waals surface area contributed by atoms with Gasteiger partial charge in [0.1, 0.15) is 36.9 Å². The van der Waals surface area contributed by atoms with Crippen LogP contribution in [0, 0.1) is 17.8 Å². The van der Waals surface area contributed by atoms with Crippen LogP contribution >= 0.6 is 0 Å². The van der Waals surface area contributed by atoms with Gasteiger partial charge in [0.05, 0.1) is 5.92 Å². The van der Waals surface area contributed by atoms with Crippen LogP contribution in [0.15, 0.2) is 79.9 Å². The molecule has 0 radical (unpaired) electrons. The molecule has 36 heavy (non-hydrogen) atoms. The Bertz CT molecular complexity index is 1130. The highest BCUT2D eigenvalue weighted by Crippen LogP contribution is 2.63. The zero-order valence-electron chi connectivity index (χ0n) is 19.9. The number of ether oxygens (including phenoxy) is 4. The molecule has 0 saturated heterocycles. The second-order valence-corrected chi connectivity index (χ2v) is 8.79. The van der Waals surface area contributed by atoms with E-state index in [0.29, 0.717) is 29.9 Å². The summed E-state index contributed by atoms with van der Waals surface area (Å²) in [4.78, 5) is 38.4. The maximum Gasteiger partial charge on any atom is 0.408 e. The van der Waals surface area contributed by atoms with Crippen molar-refractivity contribution in [1.82, 2.24) is 5.32 Å². The average molecular weight is 492 g/mol. The molecule has 188 valence electrons. The molecule has 4 unspecified atom stereocenters.